The SMILES string of the molecule is [NH3+]C(CCP(=O)([O-])O)C(=O)[O-]. The van der Waals surface area contributed by atoms with Crippen molar-refractivity contribution in [1.29, 1.82) is 0 Å². The topological polar surface area (TPSA) is 128 Å². The zero-order valence-electron chi connectivity index (χ0n) is 5.73. The van der Waals surface area contributed by atoms with Crippen molar-refractivity contribution < 1.29 is 30.0 Å². The van der Waals surface area contributed by atoms with Gasteiger partial charge in [0.1, 0.15) is 13.6 Å². The van der Waals surface area contributed by atoms with Crippen LogP contribution in [0.1, 0.15) is 6.42 Å². The highest BCUT2D eigenvalue weighted by Crippen LogP contribution is 2.29. The highest BCUT2D eigenvalue weighted by Gasteiger charge is 2.10. The Balaban J connectivity index is 3.72. The smallest absolute Gasteiger partial charge is 0.132 e. The van der Waals surface area contributed by atoms with Crippen molar-refractivity contribution in [2.75, 3.05) is 6.16 Å². The first-order valence-electron chi connectivity index (χ1n) is 2.89. The van der Waals surface area contributed by atoms with Gasteiger partial charge in [0, 0.05) is 12.6 Å². The molecule has 0 rings (SSSR count). The van der Waals surface area contributed by atoms with Gasteiger partial charge in [0.15, 0.2) is 0 Å². The van der Waals surface area contributed by atoms with Crippen LogP contribution in [0.25, 0.3) is 0 Å². The van der Waals surface area contributed by atoms with Crippen LogP contribution >= 0.6 is 7.60 Å². The van der Waals surface area contributed by atoms with Gasteiger partial charge in [-0.05, 0) is 0 Å². The fraction of sp³-hybridized carbons (Fsp3) is 0.750. The Labute approximate surface area is 63.2 Å². The highest BCUT2D eigenvalue weighted by molar-refractivity contribution is 7.50. The average Bonchev–Trinajstić information content (AvgIpc) is 1.80. The summed E-state index contributed by atoms with van der Waals surface area (Å²) in [4.78, 5) is 28.3. The van der Waals surface area contributed by atoms with Crippen LogP contribution < -0.4 is 15.7 Å². The fourth-order valence-corrected chi connectivity index (χ4v) is 1.07. The molecule has 0 aromatic carbocycles. The van der Waals surface area contributed by atoms with E-state index in [4.69, 9.17) is 4.89 Å². The Hall–Kier alpha value is -0.420. The maximum Gasteiger partial charge on any atom is 0.132 e. The molecule has 0 amide bonds. The minimum absolute atomic E-state index is 0.223. The number of carboxylic acids is 1. The Morgan fingerprint density at radius 2 is 2.18 bits per heavy atom. The number of carbonyl (C=O) groups is 1. The standard InChI is InChI=1S/C4H10NO5P/c5-3(4(6)7)1-2-11(8,9)10/h3H,1-2,5H2,(H,6,7)(H2,8,9,10)/p-1. The molecule has 66 valence electrons. The average molecular weight is 182 g/mol. The summed E-state index contributed by atoms with van der Waals surface area (Å²) in [7, 11) is -4.34. The molecule has 7 heteroatoms. The summed E-state index contributed by atoms with van der Waals surface area (Å²) < 4.78 is 10.1. The van der Waals surface area contributed by atoms with Gasteiger partial charge in [-0.25, -0.2) is 0 Å². The van der Waals surface area contributed by atoms with Gasteiger partial charge < -0.3 is 30.0 Å². The van der Waals surface area contributed by atoms with Gasteiger partial charge in [0.05, 0.1) is 5.97 Å². The summed E-state index contributed by atoms with van der Waals surface area (Å²) in [5.74, 6) is -1.42. The second-order valence-corrected chi connectivity index (χ2v) is 3.89. The van der Waals surface area contributed by atoms with Crippen LogP contribution in [-0.4, -0.2) is 23.1 Å². The van der Waals surface area contributed by atoms with Crippen LogP contribution in [0, 0.1) is 0 Å². The van der Waals surface area contributed by atoms with Gasteiger partial charge >= 0.3 is 0 Å². The zero-order chi connectivity index (χ0) is 9.07. The maximum atomic E-state index is 10.1. The Morgan fingerprint density at radius 3 is 2.45 bits per heavy atom. The Kier molecular flexibility index (Phi) is 3.68. The molecular weight excluding hydrogens is 173 g/mol. The second kappa shape index (κ2) is 3.82. The number of hydrogen-bond acceptors (Lipinski definition) is 4. The van der Waals surface area contributed by atoms with Crippen LogP contribution in [0.5, 0.6) is 0 Å². The van der Waals surface area contributed by atoms with E-state index in [2.05, 4.69) is 5.73 Å². The normalized spacial score (nSPS) is 18.8. The van der Waals surface area contributed by atoms with Crippen molar-refractivity contribution in [3.63, 3.8) is 0 Å². The summed E-state index contributed by atoms with van der Waals surface area (Å²) in [6, 6.07) is -1.09. The fourth-order valence-electron chi connectivity index (χ4n) is 0.437. The number of rotatable bonds is 4. The van der Waals surface area contributed by atoms with E-state index in [-0.39, 0.29) is 6.42 Å². The van der Waals surface area contributed by atoms with Gasteiger partial charge in [-0.2, -0.15) is 0 Å². The van der Waals surface area contributed by atoms with Gasteiger partial charge in [0.2, 0.25) is 0 Å². The zero-order valence-corrected chi connectivity index (χ0v) is 6.62. The van der Waals surface area contributed by atoms with Gasteiger partial charge in [-0.15, -0.1) is 0 Å². The Morgan fingerprint density at radius 1 is 1.73 bits per heavy atom. The molecule has 4 N–H and O–H groups in total. The summed E-state index contributed by atoms with van der Waals surface area (Å²) >= 11 is 0. The van der Waals surface area contributed by atoms with E-state index >= 15 is 0 Å². The van der Waals surface area contributed by atoms with Gasteiger partial charge in [0.25, 0.3) is 0 Å². The molecule has 0 aliphatic heterocycles. The summed E-state index contributed by atoms with van der Waals surface area (Å²) in [6.07, 6.45) is -0.797. The third-order valence-corrected chi connectivity index (χ3v) is 1.92. The first kappa shape index (κ1) is 10.6. The Bertz CT molecular complexity index is 187. The van der Waals surface area contributed by atoms with E-state index in [0.29, 0.717) is 0 Å². The lowest BCUT2D eigenvalue weighted by atomic mass is 10.2. The van der Waals surface area contributed by atoms with Crippen molar-refractivity contribution in [3.8, 4) is 0 Å². The molecule has 11 heavy (non-hydrogen) atoms. The van der Waals surface area contributed by atoms with E-state index < -0.39 is 25.8 Å². The maximum absolute atomic E-state index is 10.1. The number of hydrogen-bond donors (Lipinski definition) is 2. The molecule has 2 unspecified atom stereocenters. The van der Waals surface area contributed by atoms with Gasteiger partial charge in [-0.3, -0.25) is 0 Å². The lowest BCUT2D eigenvalue weighted by molar-refractivity contribution is -0.437. The van der Waals surface area contributed by atoms with E-state index in [1.807, 2.05) is 0 Å². The van der Waals surface area contributed by atoms with Crippen LogP contribution in [-0.2, 0) is 9.36 Å². The quantitative estimate of drug-likeness (QED) is 0.432. The van der Waals surface area contributed by atoms with Crippen molar-refractivity contribution in [2.24, 2.45) is 0 Å². The predicted octanol–water partition coefficient (Wildman–Crippen LogP) is -3.72. The first-order valence-corrected chi connectivity index (χ1v) is 4.66. The molecule has 0 aliphatic carbocycles. The molecule has 0 heterocycles. The molecule has 0 saturated heterocycles. The molecule has 0 saturated carbocycles. The number of carbonyl (C=O) groups excluding carboxylic acids is 1. The second-order valence-electron chi connectivity index (χ2n) is 2.17. The predicted molar refractivity (Wildman–Crippen MR) is 31.0 cm³/mol. The molecule has 2 atom stereocenters. The summed E-state index contributed by atoms with van der Waals surface area (Å²) in [5.41, 5.74) is 3.11. The molecule has 0 aromatic rings. The summed E-state index contributed by atoms with van der Waals surface area (Å²) in [5, 5.41) is 9.97. The molecule has 6 nitrogen and oxygen atoms in total. The van der Waals surface area contributed by atoms with Crippen LogP contribution in [0.2, 0.25) is 0 Å². The summed E-state index contributed by atoms with van der Waals surface area (Å²) in [6.45, 7) is 0. The first-order chi connectivity index (χ1) is 4.83. The lowest BCUT2D eigenvalue weighted by Crippen LogP contribution is -2.68. The molecule has 0 aliphatic rings. The van der Waals surface area contributed by atoms with E-state index in [9.17, 15) is 19.4 Å². The minimum Gasteiger partial charge on any atom is -0.779 e. The monoisotopic (exact) mass is 182 g/mol. The molecular formula is C4H9NO5P-. The van der Waals surface area contributed by atoms with Gasteiger partial charge in [-0.1, -0.05) is 0 Å². The van der Waals surface area contributed by atoms with E-state index in [1.165, 1.54) is 0 Å². The molecule has 0 aromatic heterocycles. The van der Waals surface area contributed by atoms with E-state index in [0.717, 1.165) is 0 Å². The highest BCUT2D eigenvalue weighted by atomic mass is 31.2. The largest absolute Gasteiger partial charge is 0.779 e. The molecule has 0 radical (unpaired) electrons. The molecule has 0 fully saturated rings. The van der Waals surface area contributed by atoms with Crippen molar-refractivity contribution in [3.05, 3.63) is 0 Å². The van der Waals surface area contributed by atoms with Crippen molar-refractivity contribution >= 4 is 13.6 Å². The van der Waals surface area contributed by atoms with Crippen molar-refractivity contribution in [1.82, 2.24) is 0 Å². The minimum atomic E-state index is -4.34. The van der Waals surface area contributed by atoms with Crippen molar-refractivity contribution in [2.45, 2.75) is 12.5 Å². The van der Waals surface area contributed by atoms with Crippen LogP contribution in [0.3, 0.4) is 0 Å². The number of quaternary nitrogens is 1. The third kappa shape index (κ3) is 6.00. The molecule has 0 spiro atoms. The number of aliphatic carboxylic acids is 1. The van der Waals surface area contributed by atoms with E-state index in [1.54, 1.807) is 0 Å². The lowest BCUT2D eigenvalue weighted by Gasteiger charge is -2.16. The third-order valence-electron chi connectivity index (χ3n) is 1.09. The molecule has 0 bridgehead atoms. The van der Waals surface area contributed by atoms with Crippen LogP contribution in [0.4, 0.5) is 0 Å². The van der Waals surface area contributed by atoms with Crippen LogP contribution in [0.15, 0.2) is 0 Å². The number of carboxylic acid groups (broad SMARTS) is 1.